The van der Waals surface area contributed by atoms with Crippen LogP contribution in [-0.4, -0.2) is 11.9 Å². The number of ether oxygens (including phenoxy) is 2. The van der Waals surface area contributed by atoms with Gasteiger partial charge in [-0.1, -0.05) is 18.2 Å². The number of hydrogen-bond acceptors (Lipinski definition) is 4. The van der Waals surface area contributed by atoms with Crippen molar-refractivity contribution in [3.8, 4) is 17.2 Å². The van der Waals surface area contributed by atoms with Gasteiger partial charge in [0.2, 0.25) is 0 Å². The fourth-order valence-electron chi connectivity index (χ4n) is 2.27. The number of amides is 1. The van der Waals surface area contributed by atoms with Crippen LogP contribution >= 0.6 is 0 Å². The fraction of sp³-hybridized carbons (Fsp3) is 0.0476. The van der Waals surface area contributed by atoms with Crippen LogP contribution in [0.25, 0.3) is 0 Å². The highest BCUT2D eigenvalue weighted by molar-refractivity contribution is 6.04. The number of carbonyl (C=O) groups excluding carboxylic acids is 2. The van der Waals surface area contributed by atoms with Crippen LogP contribution < -0.4 is 14.8 Å². The Labute approximate surface area is 151 Å². The van der Waals surface area contributed by atoms with Crippen molar-refractivity contribution in [1.29, 1.82) is 0 Å². The predicted octanol–water partition coefficient (Wildman–Crippen LogP) is 4.66. The van der Waals surface area contributed by atoms with Gasteiger partial charge >= 0.3 is 5.97 Å². The SMILES string of the molecule is CC(=O)Oc1ccc(C(=O)Nc2ccc(Oc3ccccc3)cc2)cc1. The Morgan fingerprint density at radius 1 is 0.731 bits per heavy atom. The monoisotopic (exact) mass is 347 g/mol. The van der Waals surface area contributed by atoms with Crippen molar-refractivity contribution in [3.05, 3.63) is 84.4 Å². The molecule has 0 atom stereocenters. The average molecular weight is 347 g/mol. The van der Waals surface area contributed by atoms with Gasteiger partial charge in [-0.25, -0.2) is 0 Å². The topological polar surface area (TPSA) is 64.6 Å². The van der Waals surface area contributed by atoms with Crippen molar-refractivity contribution in [1.82, 2.24) is 0 Å². The van der Waals surface area contributed by atoms with E-state index >= 15 is 0 Å². The number of anilines is 1. The van der Waals surface area contributed by atoms with E-state index < -0.39 is 5.97 Å². The van der Waals surface area contributed by atoms with Crippen molar-refractivity contribution >= 4 is 17.6 Å². The molecule has 0 aromatic heterocycles. The quantitative estimate of drug-likeness (QED) is 0.539. The van der Waals surface area contributed by atoms with Crippen molar-refractivity contribution in [2.24, 2.45) is 0 Å². The van der Waals surface area contributed by atoms with E-state index in [1.54, 1.807) is 48.5 Å². The molecule has 0 saturated heterocycles. The third-order valence-electron chi connectivity index (χ3n) is 3.47. The van der Waals surface area contributed by atoms with Crippen LogP contribution in [0, 0.1) is 0 Å². The Balaban J connectivity index is 1.61. The van der Waals surface area contributed by atoms with E-state index in [0.717, 1.165) is 5.75 Å². The van der Waals surface area contributed by atoms with Gasteiger partial charge in [0.25, 0.3) is 5.91 Å². The van der Waals surface area contributed by atoms with Crippen LogP contribution in [0.15, 0.2) is 78.9 Å². The van der Waals surface area contributed by atoms with E-state index in [0.29, 0.717) is 22.7 Å². The Kier molecular flexibility index (Phi) is 5.29. The Morgan fingerprint density at radius 2 is 1.31 bits per heavy atom. The van der Waals surface area contributed by atoms with E-state index in [4.69, 9.17) is 9.47 Å². The van der Waals surface area contributed by atoms with Crippen LogP contribution in [0.5, 0.6) is 17.2 Å². The zero-order chi connectivity index (χ0) is 18.4. The maximum absolute atomic E-state index is 12.3. The highest BCUT2D eigenvalue weighted by Crippen LogP contribution is 2.23. The molecule has 0 spiro atoms. The Morgan fingerprint density at radius 3 is 1.92 bits per heavy atom. The molecule has 5 heteroatoms. The van der Waals surface area contributed by atoms with Crippen molar-refractivity contribution in [3.63, 3.8) is 0 Å². The van der Waals surface area contributed by atoms with Crippen molar-refractivity contribution in [2.75, 3.05) is 5.32 Å². The van der Waals surface area contributed by atoms with Gasteiger partial charge in [-0.05, 0) is 60.7 Å². The summed E-state index contributed by atoms with van der Waals surface area (Å²) in [6.07, 6.45) is 0. The summed E-state index contributed by atoms with van der Waals surface area (Å²) < 4.78 is 10.7. The number of para-hydroxylation sites is 1. The molecule has 0 radical (unpaired) electrons. The second kappa shape index (κ2) is 7.98. The normalized spacial score (nSPS) is 10.0. The summed E-state index contributed by atoms with van der Waals surface area (Å²) in [4.78, 5) is 23.2. The van der Waals surface area contributed by atoms with Gasteiger partial charge in [-0.2, -0.15) is 0 Å². The molecule has 0 bridgehead atoms. The second-order valence-electron chi connectivity index (χ2n) is 5.51. The van der Waals surface area contributed by atoms with E-state index in [1.165, 1.54) is 6.92 Å². The third kappa shape index (κ3) is 4.70. The molecule has 130 valence electrons. The summed E-state index contributed by atoms with van der Waals surface area (Å²) in [7, 11) is 0. The first-order chi connectivity index (χ1) is 12.6. The van der Waals surface area contributed by atoms with E-state index in [9.17, 15) is 9.59 Å². The van der Waals surface area contributed by atoms with Gasteiger partial charge in [0.15, 0.2) is 0 Å². The molecule has 0 saturated carbocycles. The molecule has 0 aliphatic carbocycles. The van der Waals surface area contributed by atoms with Crippen molar-refractivity contribution in [2.45, 2.75) is 6.92 Å². The largest absolute Gasteiger partial charge is 0.457 e. The minimum absolute atomic E-state index is 0.254. The summed E-state index contributed by atoms with van der Waals surface area (Å²) in [5.41, 5.74) is 1.12. The molecule has 0 fully saturated rings. The summed E-state index contributed by atoms with van der Waals surface area (Å²) >= 11 is 0. The number of hydrogen-bond donors (Lipinski definition) is 1. The van der Waals surface area contributed by atoms with Gasteiger partial charge in [0, 0.05) is 18.2 Å². The number of carbonyl (C=O) groups is 2. The second-order valence-corrected chi connectivity index (χ2v) is 5.51. The van der Waals surface area contributed by atoms with Crippen molar-refractivity contribution < 1.29 is 19.1 Å². The molecule has 0 aliphatic rings. The summed E-state index contributed by atoms with van der Waals surface area (Å²) in [5.74, 6) is 1.17. The van der Waals surface area contributed by atoms with Gasteiger partial charge in [-0.15, -0.1) is 0 Å². The van der Waals surface area contributed by atoms with Gasteiger partial charge < -0.3 is 14.8 Å². The summed E-state index contributed by atoms with van der Waals surface area (Å²) in [6, 6.07) is 22.9. The Bertz CT molecular complexity index is 888. The van der Waals surface area contributed by atoms with Crippen LogP contribution in [-0.2, 0) is 4.79 Å². The van der Waals surface area contributed by atoms with Crippen LogP contribution in [0.3, 0.4) is 0 Å². The van der Waals surface area contributed by atoms with E-state index in [-0.39, 0.29) is 5.91 Å². The maximum Gasteiger partial charge on any atom is 0.308 e. The highest BCUT2D eigenvalue weighted by atomic mass is 16.5. The Hall–Kier alpha value is -3.60. The zero-order valence-corrected chi connectivity index (χ0v) is 14.1. The molecular formula is C21H17NO4. The maximum atomic E-state index is 12.3. The predicted molar refractivity (Wildman–Crippen MR) is 98.7 cm³/mol. The molecule has 3 aromatic carbocycles. The molecule has 5 nitrogen and oxygen atoms in total. The minimum Gasteiger partial charge on any atom is -0.457 e. The lowest BCUT2D eigenvalue weighted by atomic mass is 10.2. The summed E-state index contributed by atoms with van der Waals surface area (Å²) in [6.45, 7) is 1.33. The molecule has 0 aliphatic heterocycles. The molecular weight excluding hydrogens is 330 g/mol. The lowest BCUT2D eigenvalue weighted by Gasteiger charge is -2.08. The lowest BCUT2D eigenvalue weighted by Crippen LogP contribution is -2.11. The molecule has 0 unspecified atom stereocenters. The van der Waals surface area contributed by atoms with Crippen LogP contribution in [0.4, 0.5) is 5.69 Å². The van der Waals surface area contributed by atoms with Crippen LogP contribution in [0.2, 0.25) is 0 Å². The lowest BCUT2D eigenvalue weighted by molar-refractivity contribution is -0.131. The van der Waals surface area contributed by atoms with E-state index in [2.05, 4.69) is 5.32 Å². The summed E-state index contributed by atoms with van der Waals surface area (Å²) in [5, 5.41) is 2.81. The molecule has 3 aromatic rings. The zero-order valence-electron chi connectivity index (χ0n) is 14.1. The number of nitrogens with one attached hydrogen (secondary N) is 1. The molecule has 1 N–H and O–H groups in total. The highest BCUT2D eigenvalue weighted by Gasteiger charge is 2.07. The van der Waals surface area contributed by atoms with Crippen LogP contribution in [0.1, 0.15) is 17.3 Å². The number of esters is 1. The fourth-order valence-corrected chi connectivity index (χ4v) is 2.27. The van der Waals surface area contributed by atoms with E-state index in [1.807, 2.05) is 30.3 Å². The first kappa shape index (κ1) is 17.2. The van der Waals surface area contributed by atoms with Gasteiger partial charge in [-0.3, -0.25) is 9.59 Å². The molecule has 3 rings (SSSR count). The average Bonchev–Trinajstić information content (AvgIpc) is 2.64. The molecule has 0 heterocycles. The number of rotatable bonds is 5. The smallest absolute Gasteiger partial charge is 0.308 e. The van der Waals surface area contributed by atoms with Gasteiger partial charge in [0.05, 0.1) is 0 Å². The number of benzene rings is 3. The van der Waals surface area contributed by atoms with Gasteiger partial charge in [0.1, 0.15) is 17.2 Å². The minimum atomic E-state index is -0.403. The first-order valence-corrected chi connectivity index (χ1v) is 8.03. The third-order valence-corrected chi connectivity index (χ3v) is 3.47. The first-order valence-electron chi connectivity index (χ1n) is 8.03. The molecule has 26 heavy (non-hydrogen) atoms. The molecule has 1 amide bonds. The standard InChI is InChI=1S/C21H17NO4/c1-15(23)25-19-11-7-16(8-12-19)21(24)22-17-9-13-20(14-10-17)26-18-5-3-2-4-6-18/h2-14H,1H3,(H,22,24).